The van der Waals surface area contributed by atoms with Gasteiger partial charge in [0.1, 0.15) is 25.0 Å². The topological polar surface area (TPSA) is 397 Å². The Balaban J connectivity index is 2.50. The number of hydrogen-bond acceptors (Lipinski definition) is 16. The maximum atomic E-state index is 13.2. The second kappa shape index (κ2) is 34.3. The molecule has 68 heavy (non-hydrogen) atoms. The highest BCUT2D eigenvalue weighted by Crippen LogP contribution is 2.61. The van der Waals surface area contributed by atoms with Crippen LogP contribution in [0.2, 0.25) is 0 Å². The van der Waals surface area contributed by atoms with E-state index in [1.54, 1.807) is 12.1 Å². The van der Waals surface area contributed by atoms with E-state index in [9.17, 15) is 52.6 Å². The number of unbranched alkanes of at least 4 members (excludes halogenated alkanes) is 1. The van der Waals surface area contributed by atoms with Gasteiger partial charge in [-0.3, -0.25) is 47.5 Å². The normalized spacial score (nSPS) is 13.5. The largest absolute Gasteiger partial charge is 0.481 e. The molecular weight excluding hydrogens is 960 g/mol. The number of thiol groups is 1. The predicted octanol–water partition coefficient (Wildman–Crippen LogP) is -0.638. The number of nitrogens with one attached hydrogen (secondary N) is 3. The van der Waals surface area contributed by atoms with Crippen molar-refractivity contribution in [1.29, 1.82) is 0 Å². The standard InChI is InChI=1S/C41H67N5O19P2S/c42-13-5-4-9-29(34(48)10-6-15-62-17-19-64-25-31(47)22-30(21-28-7-2-1-3-8-28)41(55)46-33(27-68)40(43)54)11-12-35(49)32(23-38(52)53)45-37(51)26-65-20-18-63-16-14-44-36(50)24-39(66(56,57)58)67(59,60)61/h1-3,7-8,29-30,32-33,39,68H,4-6,9-27,42H2,(H2,43,54)(H,44,50)(H,45,51)(H,46,55)(H,52,53)(H2,56,57,58)(H2,59,60,61)/t29-,30-,32+,33+/m1/s1. The monoisotopic (exact) mass is 1030 g/mol. The summed E-state index contributed by atoms with van der Waals surface area (Å²) in [6.45, 7) is -0.670. The van der Waals surface area contributed by atoms with Crippen LogP contribution in [0.25, 0.3) is 0 Å². The van der Waals surface area contributed by atoms with Crippen molar-refractivity contribution in [2.24, 2.45) is 23.3 Å². The second-order valence-electron chi connectivity index (χ2n) is 15.6. The molecule has 0 aliphatic rings. The summed E-state index contributed by atoms with van der Waals surface area (Å²) in [7, 11) is -10.5. The smallest absolute Gasteiger partial charge is 0.341 e. The van der Waals surface area contributed by atoms with Crippen molar-refractivity contribution in [3.63, 3.8) is 0 Å². The Hall–Kier alpha value is -3.97. The average molecular weight is 1030 g/mol. The molecule has 0 saturated carbocycles. The van der Waals surface area contributed by atoms with Gasteiger partial charge in [-0.05, 0) is 44.2 Å². The van der Waals surface area contributed by atoms with E-state index in [-0.39, 0.29) is 102 Å². The van der Waals surface area contributed by atoms with Crippen molar-refractivity contribution < 1.29 is 91.1 Å². The molecule has 0 fully saturated rings. The number of ether oxygens (including phenoxy) is 4. The number of carbonyl (C=O) groups is 8. The number of aliphatic carboxylic acids is 1. The summed E-state index contributed by atoms with van der Waals surface area (Å²) < 4.78 is 44.1. The molecule has 4 atom stereocenters. The molecule has 0 unspecified atom stereocenters. The number of benzene rings is 1. The molecule has 0 heterocycles. The van der Waals surface area contributed by atoms with E-state index in [4.69, 9.17) is 50.0 Å². The number of carboxylic acid groups (broad SMARTS) is 1. The Morgan fingerprint density at radius 2 is 1.28 bits per heavy atom. The maximum absolute atomic E-state index is 13.2. The van der Waals surface area contributed by atoms with Crippen molar-refractivity contribution in [1.82, 2.24) is 16.0 Å². The highest BCUT2D eigenvalue weighted by molar-refractivity contribution is 7.80. The summed E-state index contributed by atoms with van der Waals surface area (Å²) >= 11 is 4.05. The maximum Gasteiger partial charge on any atom is 0.341 e. The van der Waals surface area contributed by atoms with E-state index < -0.39 is 99.3 Å². The first kappa shape index (κ1) is 62.0. The average Bonchev–Trinajstić information content (AvgIpc) is 3.26. The van der Waals surface area contributed by atoms with Crippen LogP contribution in [-0.2, 0) is 72.9 Å². The molecular formula is C41H67N5O19P2S. The van der Waals surface area contributed by atoms with Crippen LogP contribution >= 0.6 is 27.8 Å². The summed E-state index contributed by atoms with van der Waals surface area (Å²) in [6.07, 6.45) is 0.315. The molecule has 0 spiro atoms. The number of primary amides is 1. The fourth-order valence-corrected chi connectivity index (χ4v) is 9.06. The highest BCUT2D eigenvalue weighted by Gasteiger charge is 2.44. The Labute approximate surface area is 399 Å². The number of hydrogen-bond donors (Lipinski definition) is 11. The van der Waals surface area contributed by atoms with Gasteiger partial charge >= 0.3 is 21.2 Å². The second-order valence-corrected chi connectivity index (χ2v) is 20.0. The number of carbonyl (C=O) groups excluding carboxylic acids is 7. The molecule has 12 N–H and O–H groups in total. The van der Waals surface area contributed by atoms with Crippen LogP contribution in [0.15, 0.2) is 30.3 Å². The lowest BCUT2D eigenvalue weighted by Crippen LogP contribution is -2.48. The van der Waals surface area contributed by atoms with Gasteiger partial charge in [-0.2, -0.15) is 12.6 Å². The Morgan fingerprint density at radius 1 is 0.662 bits per heavy atom. The van der Waals surface area contributed by atoms with E-state index in [1.165, 1.54) is 0 Å². The number of nitrogens with two attached hydrogens (primary N) is 2. The minimum Gasteiger partial charge on any atom is -0.481 e. The first-order valence-electron chi connectivity index (χ1n) is 21.8. The van der Waals surface area contributed by atoms with Gasteiger partial charge in [0, 0.05) is 50.0 Å². The van der Waals surface area contributed by atoms with Gasteiger partial charge in [-0.25, -0.2) is 0 Å². The molecule has 0 radical (unpaired) electrons. The molecule has 0 aromatic heterocycles. The SMILES string of the molecule is NCCCC[C@H](CCC(=O)[C@H](CC(=O)O)NC(=O)COCCOCCNC(=O)CC(P(=O)(O)O)P(=O)(O)O)C(=O)CCCOCCOCC(=O)C[C@@H](Cc1ccccc1)C(=O)N[C@@H](CS)C(N)=O. The van der Waals surface area contributed by atoms with Gasteiger partial charge in [0.25, 0.3) is 0 Å². The molecule has 1 aromatic carbocycles. The molecule has 27 heteroatoms. The molecule has 0 saturated heterocycles. The number of carboxylic acids is 1. The van der Waals surface area contributed by atoms with Crippen LogP contribution in [0.3, 0.4) is 0 Å². The van der Waals surface area contributed by atoms with Gasteiger partial charge in [-0.15, -0.1) is 0 Å². The molecule has 1 aromatic rings. The van der Waals surface area contributed by atoms with E-state index in [0.29, 0.717) is 32.2 Å². The zero-order valence-corrected chi connectivity index (χ0v) is 40.5. The van der Waals surface area contributed by atoms with Crippen molar-refractivity contribution >= 4 is 74.8 Å². The van der Waals surface area contributed by atoms with E-state index >= 15 is 0 Å². The van der Waals surface area contributed by atoms with Crippen LogP contribution in [0, 0.1) is 11.8 Å². The Kier molecular flexibility index (Phi) is 31.3. The summed E-state index contributed by atoms with van der Waals surface area (Å²) in [5.41, 5.74) is 11.8. The van der Waals surface area contributed by atoms with E-state index in [0.717, 1.165) is 5.56 Å². The van der Waals surface area contributed by atoms with Gasteiger partial charge in [0.15, 0.2) is 17.0 Å². The van der Waals surface area contributed by atoms with Gasteiger partial charge in [0.2, 0.25) is 23.6 Å². The van der Waals surface area contributed by atoms with Gasteiger partial charge < -0.3 is 71.0 Å². The molecule has 1 rings (SSSR count). The Morgan fingerprint density at radius 3 is 1.87 bits per heavy atom. The van der Waals surface area contributed by atoms with Crippen LogP contribution in [0.4, 0.5) is 0 Å². The first-order chi connectivity index (χ1) is 32.1. The quantitative estimate of drug-likeness (QED) is 0.0221. The molecule has 24 nitrogen and oxygen atoms in total. The predicted molar refractivity (Wildman–Crippen MR) is 246 cm³/mol. The lowest BCUT2D eigenvalue weighted by molar-refractivity contribution is -0.141. The minimum absolute atomic E-state index is 0.00605. The molecule has 0 aliphatic carbocycles. The molecule has 0 bridgehead atoms. The molecule has 4 amide bonds. The van der Waals surface area contributed by atoms with Crippen LogP contribution < -0.4 is 27.4 Å². The summed E-state index contributed by atoms with van der Waals surface area (Å²) in [4.78, 5) is 136. The van der Waals surface area contributed by atoms with Crippen molar-refractivity contribution in [3.8, 4) is 0 Å². The van der Waals surface area contributed by atoms with Crippen molar-refractivity contribution in [2.75, 3.05) is 71.7 Å². The van der Waals surface area contributed by atoms with Gasteiger partial charge in [0.05, 0.1) is 51.9 Å². The van der Waals surface area contributed by atoms with Gasteiger partial charge in [-0.1, -0.05) is 36.8 Å². The fraction of sp³-hybridized carbons (Fsp3) is 0.659. The number of ketones is 3. The zero-order chi connectivity index (χ0) is 51.1. The number of rotatable bonds is 41. The zero-order valence-electron chi connectivity index (χ0n) is 37.8. The summed E-state index contributed by atoms with van der Waals surface area (Å²) in [5, 5.41) is 14.0. The third-order valence-electron chi connectivity index (χ3n) is 9.98. The summed E-state index contributed by atoms with van der Waals surface area (Å²) in [5.74, 6) is -6.85. The first-order valence-corrected chi connectivity index (χ1v) is 25.8. The van der Waals surface area contributed by atoms with E-state index in [2.05, 4.69) is 28.6 Å². The van der Waals surface area contributed by atoms with Crippen LogP contribution in [0.1, 0.15) is 69.8 Å². The van der Waals surface area contributed by atoms with E-state index in [1.807, 2.05) is 18.2 Å². The summed E-state index contributed by atoms with van der Waals surface area (Å²) in [6, 6.07) is 6.66. The van der Waals surface area contributed by atoms with Crippen LogP contribution in [-0.4, -0.2) is 161 Å². The molecule has 0 aliphatic heterocycles. The number of Topliss-reactive ketones (excluding diaryl/α,β-unsaturated/α-hetero) is 3. The third kappa shape index (κ3) is 28.5. The van der Waals surface area contributed by atoms with Crippen molar-refractivity contribution in [3.05, 3.63) is 35.9 Å². The number of amides is 4. The highest BCUT2D eigenvalue weighted by atomic mass is 32.1. The Bertz CT molecular complexity index is 1830. The lowest BCUT2D eigenvalue weighted by Gasteiger charge is -2.20. The van der Waals surface area contributed by atoms with Crippen molar-refractivity contribution in [2.45, 2.75) is 88.1 Å². The minimum atomic E-state index is -5.27. The van der Waals surface area contributed by atoms with Crippen LogP contribution in [0.5, 0.6) is 0 Å². The molecule has 386 valence electrons. The lowest BCUT2D eigenvalue weighted by atomic mass is 9.88. The fourth-order valence-electron chi connectivity index (χ4n) is 6.41. The third-order valence-corrected chi connectivity index (χ3v) is 14.1.